The first kappa shape index (κ1) is 13.8. The molecule has 0 saturated carbocycles. The lowest BCUT2D eigenvalue weighted by molar-refractivity contribution is 0.595. The van der Waals surface area contributed by atoms with Crippen molar-refractivity contribution >= 4 is 27.1 Å². The number of halogens is 1. The summed E-state index contributed by atoms with van der Waals surface area (Å²) in [7, 11) is -3.44. The molecule has 2 aromatic rings. The second-order valence-corrected chi connectivity index (χ2v) is 6.64. The second-order valence-electron chi connectivity index (χ2n) is 4.24. The molecule has 1 heterocycles. The van der Waals surface area contributed by atoms with E-state index in [0.29, 0.717) is 16.3 Å². The third kappa shape index (κ3) is 3.05. The standard InChI is InChI=1S/C13H13ClN2O2S/c1-9-6-11(2-3-13(9)15)19(17,18)8-10-4-5-16-7-12(10)14/h2-7H,8,15H2,1H3. The first-order valence-electron chi connectivity index (χ1n) is 5.57. The van der Waals surface area contributed by atoms with Crippen LogP contribution in [0.2, 0.25) is 5.02 Å². The molecule has 0 spiro atoms. The Bertz CT molecular complexity index is 714. The van der Waals surface area contributed by atoms with Crippen molar-refractivity contribution in [2.75, 3.05) is 5.73 Å². The fourth-order valence-electron chi connectivity index (χ4n) is 1.65. The molecule has 19 heavy (non-hydrogen) atoms. The number of anilines is 1. The van der Waals surface area contributed by atoms with Gasteiger partial charge in [-0.3, -0.25) is 4.98 Å². The van der Waals surface area contributed by atoms with Gasteiger partial charge in [-0.2, -0.15) is 0 Å². The van der Waals surface area contributed by atoms with E-state index in [1.165, 1.54) is 18.5 Å². The van der Waals surface area contributed by atoms with Crippen molar-refractivity contribution in [1.29, 1.82) is 0 Å². The van der Waals surface area contributed by atoms with Crippen molar-refractivity contribution in [2.45, 2.75) is 17.6 Å². The molecule has 4 nitrogen and oxygen atoms in total. The van der Waals surface area contributed by atoms with Crippen LogP contribution in [-0.4, -0.2) is 13.4 Å². The molecular weight excluding hydrogens is 284 g/mol. The first-order valence-corrected chi connectivity index (χ1v) is 7.60. The van der Waals surface area contributed by atoms with Gasteiger partial charge in [0, 0.05) is 18.1 Å². The topological polar surface area (TPSA) is 73.0 Å². The fourth-order valence-corrected chi connectivity index (χ4v) is 3.38. The van der Waals surface area contributed by atoms with Crippen LogP contribution in [0.3, 0.4) is 0 Å². The van der Waals surface area contributed by atoms with Crippen LogP contribution in [0.4, 0.5) is 5.69 Å². The molecule has 0 aliphatic carbocycles. The number of sulfone groups is 1. The molecule has 0 aliphatic heterocycles. The molecule has 1 aromatic heterocycles. The van der Waals surface area contributed by atoms with Gasteiger partial charge in [0.2, 0.25) is 0 Å². The SMILES string of the molecule is Cc1cc(S(=O)(=O)Cc2ccncc2Cl)ccc1N. The quantitative estimate of drug-likeness (QED) is 0.884. The van der Waals surface area contributed by atoms with Crippen LogP contribution < -0.4 is 5.73 Å². The Morgan fingerprint density at radius 3 is 2.68 bits per heavy atom. The molecule has 0 atom stereocenters. The fraction of sp³-hybridized carbons (Fsp3) is 0.154. The molecule has 100 valence electrons. The van der Waals surface area contributed by atoms with Gasteiger partial charge in [0.15, 0.2) is 9.84 Å². The Kier molecular flexibility index (Phi) is 3.78. The zero-order chi connectivity index (χ0) is 14.0. The Morgan fingerprint density at radius 1 is 1.32 bits per heavy atom. The number of nitrogens with zero attached hydrogens (tertiary/aromatic N) is 1. The average Bonchev–Trinajstić information content (AvgIpc) is 2.35. The number of rotatable bonds is 3. The lowest BCUT2D eigenvalue weighted by Gasteiger charge is -2.08. The van der Waals surface area contributed by atoms with E-state index in [9.17, 15) is 8.42 Å². The molecule has 0 bridgehead atoms. The largest absolute Gasteiger partial charge is 0.399 e. The third-order valence-corrected chi connectivity index (χ3v) is 4.81. The van der Waals surface area contributed by atoms with E-state index in [0.717, 1.165) is 5.56 Å². The van der Waals surface area contributed by atoms with E-state index in [4.69, 9.17) is 17.3 Å². The lowest BCUT2D eigenvalue weighted by Crippen LogP contribution is -2.06. The minimum atomic E-state index is -3.44. The van der Waals surface area contributed by atoms with Crippen LogP contribution in [-0.2, 0) is 15.6 Å². The first-order chi connectivity index (χ1) is 8.90. The highest BCUT2D eigenvalue weighted by atomic mass is 35.5. The van der Waals surface area contributed by atoms with Gasteiger partial charge in [-0.05, 0) is 42.3 Å². The maximum absolute atomic E-state index is 12.3. The number of hydrogen-bond donors (Lipinski definition) is 1. The van der Waals surface area contributed by atoms with Gasteiger partial charge in [0.05, 0.1) is 15.7 Å². The number of pyridine rings is 1. The highest BCUT2D eigenvalue weighted by Crippen LogP contribution is 2.23. The van der Waals surface area contributed by atoms with E-state index >= 15 is 0 Å². The zero-order valence-electron chi connectivity index (χ0n) is 10.3. The minimum Gasteiger partial charge on any atom is -0.399 e. The molecule has 1 aromatic carbocycles. The Hall–Kier alpha value is -1.59. The Morgan fingerprint density at radius 2 is 2.05 bits per heavy atom. The summed E-state index contributed by atoms with van der Waals surface area (Å²) >= 11 is 5.93. The number of nitrogen functional groups attached to an aromatic ring is 1. The van der Waals surface area contributed by atoms with Gasteiger partial charge in [-0.25, -0.2) is 8.42 Å². The molecule has 0 fully saturated rings. The van der Waals surface area contributed by atoms with Gasteiger partial charge in [-0.1, -0.05) is 11.6 Å². The van der Waals surface area contributed by atoms with E-state index in [2.05, 4.69) is 4.98 Å². The summed E-state index contributed by atoms with van der Waals surface area (Å²) in [6, 6.07) is 6.27. The normalized spacial score (nSPS) is 11.5. The molecule has 0 radical (unpaired) electrons. The van der Waals surface area contributed by atoms with Gasteiger partial charge < -0.3 is 5.73 Å². The predicted octanol–water partition coefficient (Wildman–Crippen LogP) is 2.60. The van der Waals surface area contributed by atoms with Crippen LogP contribution in [0.5, 0.6) is 0 Å². The smallest absolute Gasteiger partial charge is 0.182 e. The molecule has 2 rings (SSSR count). The molecule has 0 saturated heterocycles. The van der Waals surface area contributed by atoms with Gasteiger partial charge in [0.25, 0.3) is 0 Å². The number of nitrogens with two attached hydrogens (primary N) is 1. The third-order valence-electron chi connectivity index (χ3n) is 2.80. The van der Waals surface area contributed by atoms with Crippen LogP contribution in [0.15, 0.2) is 41.6 Å². The van der Waals surface area contributed by atoms with E-state index in [1.807, 2.05) is 0 Å². The van der Waals surface area contributed by atoms with Crippen molar-refractivity contribution in [3.63, 3.8) is 0 Å². The monoisotopic (exact) mass is 296 g/mol. The number of hydrogen-bond acceptors (Lipinski definition) is 4. The van der Waals surface area contributed by atoms with E-state index < -0.39 is 9.84 Å². The van der Waals surface area contributed by atoms with E-state index in [1.54, 1.807) is 25.1 Å². The highest BCUT2D eigenvalue weighted by Gasteiger charge is 2.17. The van der Waals surface area contributed by atoms with Crippen LogP contribution in [0.1, 0.15) is 11.1 Å². The number of aryl methyl sites for hydroxylation is 1. The Balaban J connectivity index is 2.38. The maximum Gasteiger partial charge on any atom is 0.182 e. The second kappa shape index (κ2) is 5.19. The molecule has 0 amide bonds. The average molecular weight is 297 g/mol. The summed E-state index contributed by atoms with van der Waals surface area (Å²) in [6.45, 7) is 1.77. The Labute approximate surface area is 117 Å². The summed E-state index contributed by atoms with van der Waals surface area (Å²) in [5.41, 5.74) is 7.53. The summed E-state index contributed by atoms with van der Waals surface area (Å²) in [4.78, 5) is 4.07. The van der Waals surface area contributed by atoms with Gasteiger partial charge >= 0.3 is 0 Å². The summed E-state index contributed by atoms with van der Waals surface area (Å²) in [6.07, 6.45) is 2.95. The summed E-state index contributed by atoms with van der Waals surface area (Å²) in [5, 5.41) is 0.346. The molecular formula is C13H13ClN2O2S. The lowest BCUT2D eigenvalue weighted by atomic mass is 10.2. The van der Waals surface area contributed by atoms with Crippen molar-refractivity contribution in [1.82, 2.24) is 4.98 Å². The van der Waals surface area contributed by atoms with Crippen LogP contribution in [0, 0.1) is 6.92 Å². The molecule has 6 heteroatoms. The van der Waals surface area contributed by atoms with Crippen LogP contribution >= 0.6 is 11.6 Å². The molecule has 0 aliphatic rings. The number of aromatic nitrogens is 1. The number of benzene rings is 1. The minimum absolute atomic E-state index is 0.155. The zero-order valence-corrected chi connectivity index (χ0v) is 11.9. The molecule has 0 unspecified atom stereocenters. The van der Waals surface area contributed by atoms with Crippen molar-refractivity contribution < 1.29 is 8.42 Å². The van der Waals surface area contributed by atoms with Gasteiger partial charge in [0.1, 0.15) is 0 Å². The van der Waals surface area contributed by atoms with Crippen molar-refractivity contribution in [3.05, 3.63) is 52.8 Å². The summed E-state index contributed by atoms with van der Waals surface area (Å²) in [5.74, 6) is -0.155. The van der Waals surface area contributed by atoms with Gasteiger partial charge in [-0.15, -0.1) is 0 Å². The maximum atomic E-state index is 12.3. The van der Waals surface area contributed by atoms with E-state index in [-0.39, 0.29) is 10.6 Å². The molecule has 2 N–H and O–H groups in total. The predicted molar refractivity (Wildman–Crippen MR) is 75.7 cm³/mol. The highest BCUT2D eigenvalue weighted by molar-refractivity contribution is 7.90. The van der Waals surface area contributed by atoms with Crippen molar-refractivity contribution in [3.8, 4) is 0 Å². The van der Waals surface area contributed by atoms with Crippen molar-refractivity contribution in [2.24, 2.45) is 0 Å². The van der Waals surface area contributed by atoms with Crippen LogP contribution in [0.25, 0.3) is 0 Å². The summed E-state index contributed by atoms with van der Waals surface area (Å²) < 4.78 is 24.6.